The van der Waals surface area contributed by atoms with Crippen molar-refractivity contribution in [1.82, 2.24) is 0 Å². The lowest BCUT2D eigenvalue weighted by molar-refractivity contribution is -0.179. The molecule has 0 radical (unpaired) electrons. The van der Waals surface area contributed by atoms with E-state index in [0.717, 1.165) is 0 Å². The molecular weight excluding hydrogens is 247 g/mol. The van der Waals surface area contributed by atoms with Crippen LogP contribution in [0, 0.1) is 11.8 Å². The molecule has 2 N–H and O–H groups in total. The second-order valence-electron chi connectivity index (χ2n) is 5.13. The van der Waals surface area contributed by atoms with Gasteiger partial charge in [-0.15, -0.1) is 0 Å². The normalized spacial score (nSPS) is 15.9. The van der Waals surface area contributed by atoms with Gasteiger partial charge in [-0.3, -0.25) is 4.79 Å². The van der Waals surface area contributed by atoms with E-state index in [1.807, 2.05) is 13.8 Å². The van der Waals surface area contributed by atoms with Crippen molar-refractivity contribution in [3.8, 4) is 0 Å². The Morgan fingerprint density at radius 3 is 2.00 bits per heavy atom. The third-order valence-electron chi connectivity index (χ3n) is 2.52. The lowest BCUT2D eigenvalue weighted by Crippen LogP contribution is -2.47. The van der Waals surface area contributed by atoms with Crippen molar-refractivity contribution in [2.24, 2.45) is 17.6 Å². The molecule has 0 aromatic heterocycles. The Morgan fingerprint density at radius 2 is 1.67 bits per heavy atom. The number of carbonyl (C=O) groups is 1. The Balaban J connectivity index is 4.76. The fourth-order valence-corrected chi connectivity index (χ4v) is 1.50. The van der Waals surface area contributed by atoms with Crippen LogP contribution >= 0.6 is 0 Å². The molecule has 0 rings (SSSR count). The van der Waals surface area contributed by atoms with Crippen molar-refractivity contribution in [3.63, 3.8) is 0 Å². The van der Waals surface area contributed by atoms with Crippen LogP contribution in [0.5, 0.6) is 0 Å². The largest absolute Gasteiger partial charge is 0.463 e. The molecule has 0 unspecified atom stereocenters. The molecule has 0 aromatic rings. The van der Waals surface area contributed by atoms with E-state index >= 15 is 0 Å². The maximum absolute atomic E-state index is 12.6. The molecule has 0 bridgehead atoms. The second kappa shape index (κ2) is 6.97. The Morgan fingerprint density at radius 1 is 1.17 bits per heavy atom. The lowest BCUT2D eigenvalue weighted by atomic mass is 9.91. The van der Waals surface area contributed by atoms with E-state index in [2.05, 4.69) is 0 Å². The van der Waals surface area contributed by atoms with Gasteiger partial charge in [0, 0.05) is 0 Å². The van der Waals surface area contributed by atoms with E-state index in [4.69, 9.17) is 10.5 Å². The molecule has 3 nitrogen and oxygen atoms in total. The molecule has 0 aliphatic heterocycles. The Bertz CT molecular complexity index is 265. The van der Waals surface area contributed by atoms with Crippen LogP contribution in [0.4, 0.5) is 13.2 Å². The number of carbonyl (C=O) groups excluding carboxylic acids is 1. The zero-order chi connectivity index (χ0) is 14.5. The van der Waals surface area contributed by atoms with Crippen molar-refractivity contribution >= 4 is 5.97 Å². The first-order valence-corrected chi connectivity index (χ1v) is 6.08. The number of hydrogen-bond donors (Lipinski definition) is 1. The summed E-state index contributed by atoms with van der Waals surface area (Å²) in [4.78, 5) is 11.7. The fraction of sp³-hybridized carbons (Fsp3) is 0.917. The Kier molecular flexibility index (Phi) is 6.67. The molecule has 2 atom stereocenters. The SMILES string of the molecule is CC(C)CC[C@@H](C(=O)OC(C)C)[C@@H](N)C(F)(F)F. The van der Waals surface area contributed by atoms with Crippen LogP contribution in [0.15, 0.2) is 0 Å². The van der Waals surface area contributed by atoms with Crippen LogP contribution in [-0.2, 0) is 9.53 Å². The molecule has 0 saturated carbocycles. The van der Waals surface area contributed by atoms with Crippen LogP contribution in [0.3, 0.4) is 0 Å². The highest BCUT2D eigenvalue weighted by atomic mass is 19.4. The first-order chi connectivity index (χ1) is 8.05. The molecule has 0 amide bonds. The van der Waals surface area contributed by atoms with E-state index in [9.17, 15) is 18.0 Å². The van der Waals surface area contributed by atoms with Gasteiger partial charge < -0.3 is 10.5 Å². The van der Waals surface area contributed by atoms with E-state index in [1.54, 1.807) is 13.8 Å². The molecule has 18 heavy (non-hydrogen) atoms. The van der Waals surface area contributed by atoms with Gasteiger partial charge >= 0.3 is 12.1 Å². The van der Waals surface area contributed by atoms with E-state index in [1.165, 1.54) is 0 Å². The number of rotatable bonds is 6. The summed E-state index contributed by atoms with van der Waals surface area (Å²) in [5.41, 5.74) is 5.13. The van der Waals surface area contributed by atoms with Crippen LogP contribution in [-0.4, -0.2) is 24.3 Å². The second-order valence-corrected chi connectivity index (χ2v) is 5.13. The summed E-state index contributed by atoms with van der Waals surface area (Å²) < 4.78 is 42.6. The highest BCUT2D eigenvalue weighted by molar-refractivity contribution is 5.73. The van der Waals surface area contributed by atoms with Gasteiger partial charge in [0.2, 0.25) is 0 Å². The smallest absolute Gasteiger partial charge is 0.404 e. The predicted molar refractivity (Wildman–Crippen MR) is 62.8 cm³/mol. The zero-order valence-corrected chi connectivity index (χ0v) is 11.3. The lowest BCUT2D eigenvalue weighted by Gasteiger charge is -2.25. The van der Waals surface area contributed by atoms with Gasteiger partial charge in [-0.2, -0.15) is 13.2 Å². The van der Waals surface area contributed by atoms with Crippen LogP contribution in [0.25, 0.3) is 0 Å². The number of esters is 1. The summed E-state index contributed by atoms with van der Waals surface area (Å²) in [5, 5.41) is 0. The van der Waals surface area contributed by atoms with Gasteiger partial charge in [0.25, 0.3) is 0 Å². The van der Waals surface area contributed by atoms with Crippen LogP contribution in [0.2, 0.25) is 0 Å². The van der Waals surface area contributed by atoms with Gasteiger partial charge in [-0.05, 0) is 26.2 Å². The van der Waals surface area contributed by atoms with Crippen molar-refractivity contribution in [2.75, 3.05) is 0 Å². The maximum atomic E-state index is 12.6. The summed E-state index contributed by atoms with van der Waals surface area (Å²) in [7, 11) is 0. The van der Waals surface area contributed by atoms with Gasteiger partial charge in [-0.25, -0.2) is 0 Å². The minimum atomic E-state index is -4.59. The van der Waals surface area contributed by atoms with E-state index < -0.39 is 30.2 Å². The molecular formula is C12H22F3NO2. The first kappa shape index (κ1) is 17.2. The average molecular weight is 269 g/mol. The molecule has 0 saturated heterocycles. The summed E-state index contributed by atoms with van der Waals surface area (Å²) in [6.45, 7) is 6.95. The fourth-order valence-electron chi connectivity index (χ4n) is 1.50. The molecule has 6 heteroatoms. The van der Waals surface area contributed by atoms with Gasteiger partial charge in [0.05, 0.1) is 12.0 Å². The number of hydrogen-bond acceptors (Lipinski definition) is 3. The molecule has 0 aliphatic rings. The van der Waals surface area contributed by atoms with Crippen molar-refractivity contribution in [2.45, 2.75) is 58.9 Å². The summed E-state index contributed by atoms with van der Waals surface area (Å²) in [6.07, 6.45) is -4.44. The maximum Gasteiger partial charge on any atom is 0.404 e. The zero-order valence-electron chi connectivity index (χ0n) is 11.3. The molecule has 0 aromatic carbocycles. The monoisotopic (exact) mass is 269 g/mol. The van der Waals surface area contributed by atoms with Gasteiger partial charge in [-0.1, -0.05) is 20.3 Å². The number of alkyl halides is 3. The highest BCUT2D eigenvalue weighted by Gasteiger charge is 2.45. The first-order valence-electron chi connectivity index (χ1n) is 6.08. The van der Waals surface area contributed by atoms with Crippen molar-refractivity contribution in [1.29, 1.82) is 0 Å². The van der Waals surface area contributed by atoms with Gasteiger partial charge in [0.15, 0.2) is 0 Å². The number of nitrogens with two attached hydrogens (primary N) is 1. The summed E-state index contributed by atoms with van der Waals surface area (Å²) >= 11 is 0. The molecule has 0 fully saturated rings. The molecule has 108 valence electrons. The molecule has 0 spiro atoms. The Hall–Kier alpha value is -0.780. The third kappa shape index (κ3) is 6.23. The van der Waals surface area contributed by atoms with Crippen molar-refractivity contribution in [3.05, 3.63) is 0 Å². The third-order valence-corrected chi connectivity index (χ3v) is 2.52. The predicted octanol–water partition coefficient (Wildman–Crippen LogP) is 2.88. The molecule has 0 aliphatic carbocycles. The number of ether oxygens (including phenoxy) is 1. The quantitative estimate of drug-likeness (QED) is 0.754. The summed E-state index contributed by atoms with van der Waals surface area (Å²) in [5.74, 6) is -1.98. The Labute approximate surface area is 106 Å². The average Bonchev–Trinajstić information content (AvgIpc) is 2.14. The van der Waals surface area contributed by atoms with E-state index in [0.29, 0.717) is 6.42 Å². The standard InChI is InChI=1S/C12H22F3NO2/c1-7(2)5-6-9(10(16)12(13,14)15)11(17)18-8(3)4/h7-10H,5-6,16H2,1-4H3/t9-,10-/m1/s1. The minimum Gasteiger partial charge on any atom is -0.463 e. The van der Waals surface area contributed by atoms with Crippen LogP contribution < -0.4 is 5.73 Å². The minimum absolute atomic E-state index is 0.0872. The van der Waals surface area contributed by atoms with Crippen LogP contribution in [0.1, 0.15) is 40.5 Å². The van der Waals surface area contributed by atoms with Crippen molar-refractivity contribution < 1.29 is 22.7 Å². The topological polar surface area (TPSA) is 52.3 Å². The highest BCUT2D eigenvalue weighted by Crippen LogP contribution is 2.28. The van der Waals surface area contributed by atoms with E-state index in [-0.39, 0.29) is 12.3 Å². The van der Waals surface area contributed by atoms with Gasteiger partial charge in [0.1, 0.15) is 6.04 Å². The summed E-state index contributed by atoms with van der Waals surface area (Å²) in [6, 6.07) is -2.16. The number of halogens is 3. The molecule has 0 heterocycles.